The SMILES string of the molecule is CC(C)CCNC(=O)CC(c1ccc2c(c1)OCO2)c1cn(C)c2ccccc12. The summed E-state index contributed by atoms with van der Waals surface area (Å²) in [6.45, 7) is 5.28. The number of aryl methyl sites for hydroxylation is 1. The van der Waals surface area contributed by atoms with Gasteiger partial charge in [-0.1, -0.05) is 38.1 Å². The molecule has 2 aromatic carbocycles. The molecule has 29 heavy (non-hydrogen) atoms. The highest BCUT2D eigenvalue weighted by molar-refractivity contribution is 5.86. The number of benzene rings is 2. The number of nitrogens with one attached hydrogen (secondary N) is 1. The summed E-state index contributed by atoms with van der Waals surface area (Å²) >= 11 is 0. The van der Waals surface area contributed by atoms with Gasteiger partial charge in [-0.2, -0.15) is 0 Å². The van der Waals surface area contributed by atoms with Crippen molar-refractivity contribution in [2.45, 2.75) is 32.6 Å². The molecule has 0 spiro atoms. The number of rotatable bonds is 7. The summed E-state index contributed by atoms with van der Waals surface area (Å²) in [5.74, 6) is 2.08. The van der Waals surface area contributed by atoms with Gasteiger partial charge in [0.1, 0.15) is 0 Å². The molecule has 0 saturated carbocycles. The first-order chi connectivity index (χ1) is 14.0. The fraction of sp³-hybridized carbons (Fsp3) is 0.375. The number of fused-ring (bicyclic) bond motifs is 2. The Balaban J connectivity index is 1.68. The summed E-state index contributed by atoms with van der Waals surface area (Å²) in [6.07, 6.45) is 3.52. The van der Waals surface area contributed by atoms with Crippen molar-refractivity contribution in [2.24, 2.45) is 13.0 Å². The number of nitrogens with zero attached hydrogens (tertiary/aromatic N) is 1. The predicted octanol–water partition coefficient (Wildman–Crippen LogP) is 4.59. The van der Waals surface area contributed by atoms with E-state index in [1.807, 2.05) is 37.4 Å². The summed E-state index contributed by atoms with van der Waals surface area (Å²) in [4.78, 5) is 12.8. The Morgan fingerprint density at radius 1 is 1.14 bits per heavy atom. The van der Waals surface area contributed by atoms with E-state index in [1.54, 1.807) is 0 Å². The van der Waals surface area contributed by atoms with Crippen LogP contribution >= 0.6 is 0 Å². The van der Waals surface area contributed by atoms with Gasteiger partial charge in [0.05, 0.1) is 0 Å². The number of para-hydroxylation sites is 1. The molecule has 152 valence electrons. The van der Waals surface area contributed by atoms with Crippen LogP contribution in [0.4, 0.5) is 0 Å². The van der Waals surface area contributed by atoms with Gasteiger partial charge in [-0.3, -0.25) is 4.79 Å². The number of carbonyl (C=O) groups is 1. The van der Waals surface area contributed by atoms with Gasteiger partial charge in [0, 0.05) is 43.0 Å². The van der Waals surface area contributed by atoms with Crippen LogP contribution in [0.25, 0.3) is 10.9 Å². The molecule has 0 aliphatic carbocycles. The van der Waals surface area contributed by atoms with Crippen LogP contribution in [0, 0.1) is 5.92 Å². The Kier molecular flexibility index (Phi) is 5.47. The molecule has 5 heteroatoms. The quantitative estimate of drug-likeness (QED) is 0.640. The molecular weight excluding hydrogens is 364 g/mol. The summed E-state index contributed by atoms with van der Waals surface area (Å²) in [6, 6.07) is 14.3. The first-order valence-electron chi connectivity index (χ1n) is 10.2. The first-order valence-corrected chi connectivity index (χ1v) is 10.2. The molecule has 1 atom stereocenters. The average Bonchev–Trinajstić information content (AvgIpc) is 3.30. The van der Waals surface area contributed by atoms with Gasteiger partial charge in [0.25, 0.3) is 0 Å². The Labute approximate surface area is 171 Å². The van der Waals surface area contributed by atoms with Crippen LogP contribution in [0.5, 0.6) is 11.5 Å². The molecule has 3 aromatic rings. The fourth-order valence-electron chi connectivity index (χ4n) is 3.95. The first kappa shape index (κ1) is 19.4. The van der Waals surface area contributed by atoms with Crippen LogP contribution in [0.15, 0.2) is 48.7 Å². The zero-order valence-electron chi connectivity index (χ0n) is 17.3. The molecule has 2 heterocycles. The van der Waals surface area contributed by atoms with Crippen molar-refractivity contribution in [1.82, 2.24) is 9.88 Å². The minimum absolute atomic E-state index is 0.0605. The van der Waals surface area contributed by atoms with Gasteiger partial charge in [0.15, 0.2) is 11.5 Å². The molecule has 0 saturated heterocycles. The van der Waals surface area contributed by atoms with Crippen molar-refractivity contribution >= 4 is 16.8 Å². The molecule has 4 rings (SSSR count). The number of hydrogen-bond donors (Lipinski definition) is 1. The van der Waals surface area contributed by atoms with E-state index in [0.29, 0.717) is 18.9 Å². The smallest absolute Gasteiger partial charge is 0.231 e. The summed E-state index contributed by atoms with van der Waals surface area (Å²) in [7, 11) is 2.05. The third kappa shape index (κ3) is 4.09. The van der Waals surface area contributed by atoms with E-state index in [2.05, 4.69) is 42.1 Å². The molecule has 0 bridgehead atoms. The van der Waals surface area contributed by atoms with E-state index in [9.17, 15) is 4.79 Å². The van der Waals surface area contributed by atoms with Crippen molar-refractivity contribution in [1.29, 1.82) is 0 Å². The third-order valence-corrected chi connectivity index (χ3v) is 5.54. The minimum Gasteiger partial charge on any atom is -0.454 e. The standard InChI is InChI=1S/C24H28N2O3/c1-16(2)10-11-25-24(27)13-19(17-8-9-22-23(12-17)29-15-28-22)20-14-26(3)21-7-5-4-6-18(20)21/h4-9,12,14,16,19H,10-11,13,15H2,1-3H3,(H,25,27). The van der Waals surface area contributed by atoms with Crippen LogP contribution in [-0.2, 0) is 11.8 Å². The topological polar surface area (TPSA) is 52.5 Å². The number of amides is 1. The molecule has 1 N–H and O–H groups in total. The van der Waals surface area contributed by atoms with Gasteiger partial charge in [-0.05, 0) is 41.7 Å². The van der Waals surface area contributed by atoms with E-state index in [4.69, 9.17) is 9.47 Å². The van der Waals surface area contributed by atoms with Gasteiger partial charge in [-0.25, -0.2) is 0 Å². The van der Waals surface area contributed by atoms with Crippen molar-refractivity contribution < 1.29 is 14.3 Å². The number of ether oxygens (including phenoxy) is 2. The number of carbonyl (C=O) groups excluding carboxylic acids is 1. The van der Waals surface area contributed by atoms with Gasteiger partial charge in [0.2, 0.25) is 12.7 Å². The lowest BCUT2D eigenvalue weighted by Crippen LogP contribution is -2.27. The molecule has 0 fully saturated rings. The highest BCUT2D eigenvalue weighted by atomic mass is 16.7. The third-order valence-electron chi connectivity index (χ3n) is 5.54. The second-order valence-electron chi connectivity index (χ2n) is 8.11. The van der Waals surface area contributed by atoms with Crippen LogP contribution < -0.4 is 14.8 Å². The zero-order valence-corrected chi connectivity index (χ0v) is 17.3. The van der Waals surface area contributed by atoms with Crippen LogP contribution in [0.2, 0.25) is 0 Å². The summed E-state index contributed by atoms with van der Waals surface area (Å²) in [5.41, 5.74) is 3.37. The van der Waals surface area contributed by atoms with Crippen molar-refractivity contribution in [3.8, 4) is 11.5 Å². The molecule has 5 nitrogen and oxygen atoms in total. The maximum Gasteiger partial charge on any atom is 0.231 e. The molecule has 1 aliphatic rings. The Morgan fingerprint density at radius 3 is 2.76 bits per heavy atom. The fourth-order valence-corrected chi connectivity index (χ4v) is 3.95. The molecule has 0 radical (unpaired) electrons. The van der Waals surface area contributed by atoms with Crippen molar-refractivity contribution in [3.05, 3.63) is 59.8 Å². The number of aromatic nitrogens is 1. The summed E-state index contributed by atoms with van der Waals surface area (Å²) in [5, 5.41) is 4.26. The lowest BCUT2D eigenvalue weighted by atomic mass is 9.87. The van der Waals surface area contributed by atoms with E-state index in [1.165, 1.54) is 5.39 Å². The van der Waals surface area contributed by atoms with Gasteiger partial charge in [-0.15, -0.1) is 0 Å². The molecule has 1 unspecified atom stereocenters. The van der Waals surface area contributed by atoms with E-state index in [0.717, 1.165) is 34.6 Å². The molecule has 1 aliphatic heterocycles. The largest absolute Gasteiger partial charge is 0.454 e. The monoisotopic (exact) mass is 392 g/mol. The summed E-state index contributed by atoms with van der Waals surface area (Å²) < 4.78 is 13.2. The van der Waals surface area contributed by atoms with E-state index in [-0.39, 0.29) is 18.6 Å². The Morgan fingerprint density at radius 2 is 1.93 bits per heavy atom. The Bertz CT molecular complexity index is 1020. The second-order valence-corrected chi connectivity index (χ2v) is 8.11. The van der Waals surface area contributed by atoms with Crippen molar-refractivity contribution in [3.63, 3.8) is 0 Å². The van der Waals surface area contributed by atoms with E-state index >= 15 is 0 Å². The maximum absolute atomic E-state index is 12.8. The van der Waals surface area contributed by atoms with Crippen LogP contribution in [0.1, 0.15) is 43.7 Å². The average molecular weight is 392 g/mol. The lowest BCUT2D eigenvalue weighted by Gasteiger charge is -2.18. The highest BCUT2D eigenvalue weighted by Gasteiger charge is 2.24. The Hall–Kier alpha value is -2.95. The second kappa shape index (κ2) is 8.19. The lowest BCUT2D eigenvalue weighted by molar-refractivity contribution is -0.121. The zero-order chi connectivity index (χ0) is 20.4. The van der Waals surface area contributed by atoms with Gasteiger partial charge >= 0.3 is 0 Å². The van der Waals surface area contributed by atoms with Crippen LogP contribution in [-0.4, -0.2) is 23.8 Å². The van der Waals surface area contributed by atoms with Crippen molar-refractivity contribution in [2.75, 3.05) is 13.3 Å². The molecule has 1 aromatic heterocycles. The minimum atomic E-state index is -0.0605. The molecule has 1 amide bonds. The number of hydrogen-bond acceptors (Lipinski definition) is 3. The normalized spacial score (nSPS) is 13.8. The highest BCUT2D eigenvalue weighted by Crippen LogP contribution is 2.39. The molecular formula is C24H28N2O3. The van der Waals surface area contributed by atoms with Gasteiger partial charge < -0.3 is 19.4 Å². The van der Waals surface area contributed by atoms with E-state index < -0.39 is 0 Å². The predicted molar refractivity (Wildman–Crippen MR) is 114 cm³/mol. The van der Waals surface area contributed by atoms with Crippen LogP contribution in [0.3, 0.4) is 0 Å². The maximum atomic E-state index is 12.8.